The molecule has 0 aliphatic rings. The van der Waals surface area contributed by atoms with Crippen molar-refractivity contribution < 1.29 is 9.59 Å². The van der Waals surface area contributed by atoms with Gasteiger partial charge in [0.2, 0.25) is 0 Å². The lowest BCUT2D eigenvalue weighted by molar-refractivity contribution is 0.0958. The second-order valence-electron chi connectivity index (χ2n) is 7.34. The monoisotopic (exact) mass is 431 g/mol. The van der Waals surface area contributed by atoms with Crippen molar-refractivity contribution in [3.8, 4) is 11.3 Å². The summed E-state index contributed by atoms with van der Waals surface area (Å²) in [5.41, 5.74) is 4.07. The summed E-state index contributed by atoms with van der Waals surface area (Å²) >= 11 is 0. The molecule has 0 aliphatic carbocycles. The Bertz CT molecular complexity index is 1320. The van der Waals surface area contributed by atoms with Gasteiger partial charge in [0.05, 0.1) is 28.2 Å². The third-order valence-electron chi connectivity index (χ3n) is 5.28. The first-order chi connectivity index (χ1) is 15.4. The largest absolute Gasteiger partial charge is 0.354 e. The van der Waals surface area contributed by atoms with Crippen molar-refractivity contribution in [1.29, 1.82) is 0 Å². The maximum atomic E-state index is 13.4. The van der Waals surface area contributed by atoms with Crippen molar-refractivity contribution in [1.82, 2.24) is 29.9 Å². The van der Waals surface area contributed by atoms with Gasteiger partial charge in [0.15, 0.2) is 5.69 Å². The van der Waals surface area contributed by atoms with Gasteiger partial charge in [-0.25, -0.2) is 4.98 Å². The Kier molecular flexibility index (Phi) is 5.72. The van der Waals surface area contributed by atoms with Crippen LogP contribution in [0.25, 0.3) is 22.2 Å². The Morgan fingerprint density at radius 1 is 1.00 bits per heavy atom. The molecule has 2 amide bonds. The first kappa shape index (κ1) is 21.2. The van der Waals surface area contributed by atoms with Crippen LogP contribution in [0.3, 0.4) is 0 Å². The molecule has 0 radical (unpaired) electrons. The summed E-state index contributed by atoms with van der Waals surface area (Å²) in [7, 11) is 1.53. The number of aryl methyl sites for hydroxylation is 3. The Morgan fingerprint density at radius 2 is 1.72 bits per heavy atom. The second-order valence-corrected chi connectivity index (χ2v) is 7.34. The number of nitrogens with one attached hydrogen (secondary N) is 2. The van der Waals surface area contributed by atoms with Gasteiger partial charge in [0, 0.05) is 43.5 Å². The molecule has 0 atom stereocenters. The van der Waals surface area contributed by atoms with E-state index in [4.69, 9.17) is 4.98 Å². The fraction of sp³-hybridized carbons (Fsp3) is 0.261. The van der Waals surface area contributed by atoms with Crippen molar-refractivity contribution in [2.75, 3.05) is 12.4 Å². The van der Waals surface area contributed by atoms with Crippen LogP contribution < -0.4 is 10.6 Å². The van der Waals surface area contributed by atoms with Crippen molar-refractivity contribution >= 4 is 28.4 Å². The third-order valence-corrected chi connectivity index (χ3v) is 5.28. The summed E-state index contributed by atoms with van der Waals surface area (Å²) in [4.78, 5) is 30.4. The van der Waals surface area contributed by atoms with E-state index in [1.165, 1.54) is 7.05 Å². The third kappa shape index (κ3) is 3.84. The smallest absolute Gasteiger partial charge is 0.273 e. The number of nitrogens with zero attached hydrogens (tertiary/aromatic N) is 5. The van der Waals surface area contributed by atoms with Crippen LogP contribution in [0.1, 0.15) is 40.4 Å². The molecule has 0 spiro atoms. The number of amides is 2. The molecule has 9 nitrogen and oxygen atoms in total. The number of hydrogen-bond acceptors (Lipinski definition) is 5. The summed E-state index contributed by atoms with van der Waals surface area (Å²) in [5.74, 6) is -0.707. The van der Waals surface area contributed by atoms with Crippen molar-refractivity contribution in [2.45, 2.75) is 33.9 Å². The predicted molar refractivity (Wildman–Crippen MR) is 123 cm³/mol. The molecular weight excluding hydrogens is 406 g/mol. The summed E-state index contributed by atoms with van der Waals surface area (Å²) in [6.07, 6.45) is 3.59. The van der Waals surface area contributed by atoms with Gasteiger partial charge in [-0.15, -0.1) is 0 Å². The normalized spacial score (nSPS) is 11.0. The molecule has 32 heavy (non-hydrogen) atoms. The van der Waals surface area contributed by atoms with Gasteiger partial charge in [0.25, 0.3) is 11.8 Å². The highest BCUT2D eigenvalue weighted by Gasteiger charge is 2.21. The number of carbonyl (C=O) groups excluding carboxylic acids is 2. The molecule has 0 unspecified atom stereocenters. The number of aromatic nitrogens is 5. The van der Waals surface area contributed by atoms with Crippen LogP contribution in [0, 0.1) is 6.92 Å². The summed E-state index contributed by atoms with van der Waals surface area (Å²) in [5, 5.41) is 14.9. The molecule has 164 valence electrons. The average Bonchev–Trinajstić information content (AvgIpc) is 3.40. The Morgan fingerprint density at radius 3 is 2.41 bits per heavy atom. The number of rotatable bonds is 6. The molecule has 2 N–H and O–H groups in total. The van der Waals surface area contributed by atoms with E-state index in [0.717, 1.165) is 23.2 Å². The van der Waals surface area contributed by atoms with Crippen LogP contribution in [0.5, 0.6) is 0 Å². The molecule has 0 bridgehead atoms. The van der Waals surface area contributed by atoms with Crippen LogP contribution in [-0.4, -0.2) is 43.4 Å². The zero-order chi connectivity index (χ0) is 22.8. The lowest BCUT2D eigenvalue weighted by Crippen LogP contribution is -2.21. The molecule has 3 aromatic heterocycles. The van der Waals surface area contributed by atoms with Crippen molar-refractivity contribution in [2.24, 2.45) is 0 Å². The van der Waals surface area contributed by atoms with Gasteiger partial charge >= 0.3 is 0 Å². The Hall–Kier alpha value is -4.01. The fourth-order valence-electron chi connectivity index (χ4n) is 3.58. The SMILES string of the molecule is CCn1cc(-c2cc(C(=O)Nc3cn(CC)nc3C(=O)NC)c3ccccc3n2)c(C)n1. The molecule has 3 heterocycles. The molecule has 1 aromatic carbocycles. The van der Waals surface area contributed by atoms with Crippen LogP contribution in [0.2, 0.25) is 0 Å². The fourth-order valence-corrected chi connectivity index (χ4v) is 3.58. The number of para-hydroxylation sites is 1. The van der Waals surface area contributed by atoms with E-state index in [1.54, 1.807) is 16.9 Å². The highest BCUT2D eigenvalue weighted by atomic mass is 16.2. The molecule has 0 aliphatic heterocycles. The predicted octanol–water partition coefficient (Wildman–Crippen LogP) is 3.25. The zero-order valence-corrected chi connectivity index (χ0v) is 18.5. The lowest BCUT2D eigenvalue weighted by atomic mass is 10.0. The van der Waals surface area contributed by atoms with Gasteiger partial charge in [-0.3, -0.25) is 19.0 Å². The highest BCUT2D eigenvalue weighted by Crippen LogP contribution is 2.27. The quantitative estimate of drug-likeness (QED) is 0.487. The first-order valence-electron chi connectivity index (χ1n) is 10.5. The maximum Gasteiger partial charge on any atom is 0.273 e. The van der Waals surface area contributed by atoms with E-state index in [-0.39, 0.29) is 17.5 Å². The number of benzene rings is 1. The number of anilines is 1. The minimum Gasteiger partial charge on any atom is -0.354 e. The molecule has 0 saturated carbocycles. The Labute approximate surface area is 185 Å². The number of carbonyl (C=O) groups is 2. The zero-order valence-electron chi connectivity index (χ0n) is 18.5. The highest BCUT2D eigenvalue weighted by molar-refractivity contribution is 6.14. The van der Waals surface area contributed by atoms with E-state index in [0.29, 0.717) is 29.0 Å². The van der Waals surface area contributed by atoms with Crippen molar-refractivity contribution in [3.63, 3.8) is 0 Å². The topological polar surface area (TPSA) is 107 Å². The summed E-state index contributed by atoms with van der Waals surface area (Å²) < 4.78 is 3.45. The number of fused-ring (bicyclic) bond motifs is 1. The van der Waals surface area contributed by atoms with Crippen LogP contribution in [0.4, 0.5) is 5.69 Å². The first-order valence-corrected chi connectivity index (χ1v) is 10.5. The van der Waals surface area contributed by atoms with Crippen LogP contribution >= 0.6 is 0 Å². The van der Waals surface area contributed by atoms with Gasteiger partial charge in [-0.1, -0.05) is 18.2 Å². The van der Waals surface area contributed by atoms with Gasteiger partial charge < -0.3 is 10.6 Å². The van der Waals surface area contributed by atoms with E-state index in [9.17, 15) is 9.59 Å². The number of hydrogen-bond donors (Lipinski definition) is 2. The van der Waals surface area contributed by atoms with Gasteiger partial charge in [-0.2, -0.15) is 10.2 Å². The van der Waals surface area contributed by atoms with E-state index in [1.807, 2.05) is 55.9 Å². The minimum absolute atomic E-state index is 0.168. The average molecular weight is 432 g/mol. The lowest BCUT2D eigenvalue weighted by Gasteiger charge is -2.10. The van der Waals surface area contributed by atoms with Gasteiger partial charge in [0.1, 0.15) is 0 Å². The van der Waals surface area contributed by atoms with E-state index in [2.05, 4.69) is 20.8 Å². The standard InChI is InChI=1S/C23H25N7O2/c1-5-29-12-17(14(3)27-29)19-11-16(15-9-7-8-10-18(15)25-19)22(31)26-20-13-30(6-2)28-21(20)23(32)24-4/h7-13H,5-6H2,1-4H3,(H,24,32)(H,26,31). The minimum atomic E-state index is -0.365. The van der Waals surface area contributed by atoms with Crippen LogP contribution in [0.15, 0.2) is 42.7 Å². The molecular formula is C23H25N7O2. The molecule has 4 aromatic rings. The summed E-state index contributed by atoms with van der Waals surface area (Å²) in [6.45, 7) is 7.17. The van der Waals surface area contributed by atoms with Crippen molar-refractivity contribution in [3.05, 3.63) is 59.7 Å². The maximum absolute atomic E-state index is 13.4. The van der Waals surface area contributed by atoms with E-state index < -0.39 is 0 Å². The molecule has 0 saturated heterocycles. The Balaban J connectivity index is 1.80. The van der Waals surface area contributed by atoms with Gasteiger partial charge in [-0.05, 0) is 32.9 Å². The molecule has 0 fully saturated rings. The molecule has 9 heteroatoms. The number of pyridine rings is 1. The summed E-state index contributed by atoms with van der Waals surface area (Å²) in [6, 6.07) is 9.26. The molecule has 4 rings (SSSR count). The second kappa shape index (κ2) is 8.62. The van der Waals surface area contributed by atoms with Crippen LogP contribution in [-0.2, 0) is 13.1 Å². The van der Waals surface area contributed by atoms with E-state index >= 15 is 0 Å².